The smallest absolute Gasteiger partial charge is 0.254 e. The van der Waals surface area contributed by atoms with E-state index in [9.17, 15) is 4.79 Å². The number of fused-ring (bicyclic) bond motifs is 2. The number of nitrogens with one attached hydrogen (secondary N) is 1. The molecule has 3 nitrogen and oxygen atoms in total. The summed E-state index contributed by atoms with van der Waals surface area (Å²) in [6.07, 6.45) is 1.01. The zero-order chi connectivity index (χ0) is 13.5. The molecule has 0 fully saturated rings. The topological polar surface area (TPSA) is 32.3 Å². The van der Waals surface area contributed by atoms with Crippen molar-refractivity contribution in [3.05, 3.63) is 64.7 Å². The molecule has 0 bridgehead atoms. The van der Waals surface area contributed by atoms with Gasteiger partial charge in [-0.3, -0.25) is 4.79 Å². The van der Waals surface area contributed by atoms with Gasteiger partial charge in [0.05, 0.1) is 0 Å². The molecule has 0 saturated carbocycles. The van der Waals surface area contributed by atoms with E-state index >= 15 is 0 Å². The molecule has 2 aliphatic rings. The van der Waals surface area contributed by atoms with E-state index in [1.54, 1.807) is 0 Å². The Morgan fingerprint density at radius 2 is 1.75 bits per heavy atom. The Hall–Kier alpha value is -2.29. The summed E-state index contributed by atoms with van der Waals surface area (Å²) in [7, 11) is 0. The van der Waals surface area contributed by atoms with E-state index in [2.05, 4.69) is 17.4 Å². The Labute approximate surface area is 118 Å². The normalized spacial score (nSPS) is 15.7. The van der Waals surface area contributed by atoms with Crippen LogP contribution in [-0.2, 0) is 19.5 Å². The molecule has 1 amide bonds. The van der Waals surface area contributed by atoms with E-state index < -0.39 is 0 Å². The number of amides is 1. The number of carbonyl (C=O) groups excluding carboxylic acids is 1. The monoisotopic (exact) mass is 264 g/mol. The molecule has 0 saturated heterocycles. The number of hydrogen-bond donors (Lipinski definition) is 1. The van der Waals surface area contributed by atoms with E-state index in [1.807, 2.05) is 35.2 Å². The molecule has 2 aliphatic heterocycles. The summed E-state index contributed by atoms with van der Waals surface area (Å²) in [6, 6.07) is 14.3. The average Bonchev–Trinajstić information content (AvgIpc) is 3.11. The number of carbonyl (C=O) groups is 1. The molecule has 2 heterocycles. The fourth-order valence-electron chi connectivity index (χ4n) is 3.10. The quantitative estimate of drug-likeness (QED) is 0.859. The van der Waals surface area contributed by atoms with Crippen LogP contribution in [0.3, 0.4) is 0 Å². The molecule has 0 unspecified atom stereocenters. The Kier molecular flexibility index (Phi) is 2.52. The Morgan fingerprint density at radius 3 is 2.50 bits per heavy atom. The van der Waals surface area contributed by atoms with Gasteiger partial charge in [0.15, 0.2) is 0 Å². The van der Waals surface area contributed by atoms with Crippen molar-refractivity contribution in [1.29, 1.82) is 0 Å². The maximum atomic E-state index is 12.6. The first kappa shape index (κ1) is 11.5. The predicted molar refractivity (Wildman–Crippen MR) is 78.7 cm³/mol. The van der Waals surface area contributed by atoms with Crippen molar-refractivity contribution in [2.24, 2.45) is 0 Å². The van der Waals surface area contributed by atoms with Crippen LogP contribution in [0.2, 0.25) is 0 Å². The highest BCUT2D eigenvalue weighted by atomic mass is 16.2. The third kappa shape index (κ3) is 1.78. The molecule has 20 heavy (non-hydrogen) atoms. The first-order valence-electron chi connectivity index (χ1n) is 7.04. The summed E-state index contributed by atoms with van der Waals surface area (Å²) in [5.41, 5.74) is 5.77. The van der Waals surface area contributed by atoms with Gasteiger partial charge in [-0.1, -0.05) is 24.3 Å². The Balaban J connectivity index is 1.60. The lowest BCUT2D eigenvalue weighted by Gasteiger charge is -2.16. The van der Waals surface area contributed by atoms with Crippen LogP contribution < -0.4 is 5.32 Å². The number of anilines is 1. The van der Waals surface area contributed by atoms with Gasteiger partial charge in [-0.25, -0.2) is 0 Å². The minimum Gasteiger partial charge on any atom is -0.384 e. The minimum absolute atomic E-state index is 0.135. The fourth-order valence-corrected chi connectivity index (χ4v) is 3.10. The van der Waals surface area contributed by atoms with Crippen molar-refractivity contribution in [1.82, 2.24) is 4.90 Å². The van der Waals surface area contributed by atoms with E-state index in [0.717, 1.165) is 31.6 Å². The molecule has 3 heteroatoms. The number of rotatable bonds is 1. The molecule has 2 aromatic rings. The average molecular weight is 264 g/mol. The van der Waals surface area contributed by atoms with Crippen molar-refractivity contribution in [2.75, 3.05) is 11.9 Å². The van der Waals surface area contributed by atoms with Crippen LogP contribution in [0.25, 0.3) is 0 Å². The zero-order valence-electron chi connectivity index (χ0n) is 11.2. The van der Waals surface area contributed by atoms with Gasteiger partial charge < -0.3 is 10.2 Å². The molecule has 0 spiro atoms. The van der Waals surface area contributed by atoms with Gasteiger partial charge in [-0.15, -0.1) is 0 Å². The summed E-state index contributed by atoms with van der Waals surface area (Å²) in [5, 5.41) is 3.33. The van der Waals surface area contributed by atoms with E-state index in [1.165, 1.54) is 22.4 Å². The maximum absolute atomic E-state index is 12.6. The van der Waals surface area contributed by atoms with Gasteiger partial charge in [-0.05, 0) is 41.3 Å². The maximum Gasteiger partial charge on any atom is 0.254 e. The lowest BCUT2D eigenvalue weighted by molar-refractivity contribution is 0.0751. The highest BCUT2D eigenvalue weighted by Gasteiger charge is 2.24. The van der Waals surface area contributed by atoms with Crippen molar-refractivity contribution in [2.45, 2.75) is 19.5 Å². The first-order valence-corrected chi connectivity index (χ1v) is 7.04. The minimum atomic E-state index is 0.135. The third-order valence-electron chi connectivity index (χ3n) is 4.19. The van der Waals surface area contributed by atoms with Gasteiger partial charge in [0.1, 0.15) is 0 Å². The molecular formula is C17H16N2O. The predicted octanol–water partition coefficient (Wildman–Crippen LogP) is 2.81. The molecule has 0 aromatic heterocycles. The summed E-state index contributed by atoms with van der Waals surface area (Å²) in [5.74, 6) is 0.135. The summed E-state index contributed by atoms with van der Waals surface area (Å²) in [6.45, 7) is 2.43. The van der Waals surface area contributed by atoms with Crippen LogP contribution in [0, 0.1) is 0 Å². The van der Waals surface area contributed by atoms with Crippen LogP contribution in [0.1, 0.15) is 27.0 Å². The van der Waals surface area contributed by atoms with Gasteiger partial charge >= 0.3 is 0 Å². The van der Waals surface area contributed by atoms with Crippen LogP contribution >= 0.6 is 0 Å². The van der Waals surface area contributed by atoms with Crippen molar-refractivity contribution >= 4 is 11.6 Å². The lowest BCUT2D eigenvalue weighted by atomic mass is 10.1. The van der Waals surface area contributed by atoms with E-state index in [0.29, 0.717) is 0 Å². The SMILES string of the molecule is O=C(c1ccc2c(c1)CCN2)N1Cc2ccccc2C1. The lowest BCUT2D eigenvalue weighted by Crippen LogP contribution is -2.25. The molecule has 1 N–H and O–H groups in total. The highest BCUT2D eigenvalue weighted by Crippen LogP contribution is 2.27. The molecule has 0 aliphatic carbocycles. The zero-order valence-corrected chi connectivity index (χ0v) is 11.2. The van der Waals surface area contributed by atoms with Crippen molar-refractivity contribution in [3.63, 3.8) is 0 Å². The number of benzene rings is 2. The van der Waals surface area contributed by atoms with Crippen LogP contribution in [0.4, 0.5) is 5.69 Å². The second-order valence-corrected chi connectivity index (χ2v) is 5.48. The molecule has 100 valence electrons. The Bertz CT molecular complexity index is 668. The Morgan fingerprint density at radius 1 is 1.00 bits per heavy atom. The molecule has 4 rings (SSSR count). The van der Waals surface area contributed by atoms with Gasteiger partial charge in [0.2, 0.25) is 0 Å². The number of nitrogens with zero attached hydrogens (tertiary/aromatic N) is 1. The van der Waals surface area contributed by atoms with E-state index in [4.69, 9.17) is 0 Å². The highest BCUT2D eigenvalue weighted by molar-refractivity contribution is 5.95. The third-order valence-corrected chi connectivity index (χ3v) is 4.19. The molecular weight excluding hydrogens is 248 g/mol. The van der Waals surface area contributed by atoms with Gasteiger partial charge in [-0.2, -0.15) is 0 Å². The second kappa shape index (κ2) is 4.37. The van der Waals surface area contributed by atoms with Crippen LogP contribution in [0.5, 0.6) is 0 Å². The first-order chi connectivity index (χ1) is 9.81. The van der Waals surface area contributed by atoms with Crippen LogP contribution in [0.15, 0.2) is 42.5 Å². The molecule has 0 radical (unpaired) electrons. The summed E-state index contributed by atoms with van der Waals surface area (Å²) >= 11 is 0. The largest absolute Gasteiger partial charge is 0.384 e. The number of hydrogen-bond acceptors (Lipinski definition) is 2. The van der Waals surface area contributed by atoms with Crippen molar-refractivity contribution in [3.8, 4) is 0 Å². The summed E-state index contributed by atoms with van der Waals surface area (Å²) < 4.78 is 0. The second-order valence-electron chi connectivity index (χ2n) is 5.48. The van der Waals surface area contributed by atoms with Crippen molar-refractivity contribution < 1.29 is 4.79 Å². The molecule has 0 atom stereocenters. The fraction of sp³-hybridized carbons (Fsp3) is 0.235. The standard InChI is InChI=1S/C17H16N2O/c20-17(13-5-6-16-12(9-13)7-8-18-16)19-10-14-3-1-2-4-15(14)11-19/h1-6,9,18H,7-8,10-11H2. The van der Waals surface area contributed by atoms with E-state index in [-0.39, 0.29) is 5.91 Å². The summed E-state index contributed by atoms with van der Waals surface area (Å²) in [4.78, 5) is 14.5. The van der Waals surface area contributed by atoms with Gasteiger partial charge in [0, 0.05) is 30.9 Å². The van der Waals surface area contributed by atoms with Crippen LogP contribution in [-0.4, -0.2) is 17.4 Å². The van der Waals surface area contributed by atoms with Gasteiger partial charge in [0.25, 0.3) is 5.91 Å². The molecule has 2 aromatic carbocycles.